The quantitative estimate of drug-likeness (QED) is 0.638. The van der Waals surface area contributed by atoms with E-state index in [0.29, 0.717) is 0 Å². The number of nitrogens with zero attached hydrogens (tertiary/aromatic N) is 1. The topological polar surface area (TPSA) is 119 Å². The number of carbonyl (C=O) groups is 1. The number of likely N-dealkylation sites (N-methyl/N-ethyl adjacent to an activating group) is 1. The molecule has 0 aliphatic rings. The van der Waals surface area contributed by atoms with E-state index in [2.05, 4.69) is 4.72 Å². The van der Waals surface area contributed by atoms with Crippen LogP contribution in [0.4, 0.5) is 5.69 Å². The predicted molar refractivity (Wildman–Crippen MR) is 82.3 cm³/mol. The van der Waals surface area contributed by atoms with Crippen molar-refractivity contribution in [3.63, 3.8) is 0 Å². The second-order valence-corrected chi connectivity index (χ2v) is 7.38. The number of sulfonamides is 1. The number of amides is 1. The fourth-order valence-corrected chi connectivity index (χ4v) is 2.77. The van der Waals surface area contributed by atoms with E-state index in [1.807, 2.05) is 32.8 Å². The van der Waals surface area contributed by atoms with Gasteiger partial charge in [-0.25, -0.2) is 13.1 Å². The third kappa shape index (κ3) is 4.16. The Bertz CT molecular complexity index is 639. The van der Waals surface area contributed by atoms with E-state index >= 15 is 0 Å². The van der Waals surface area contributed by atoms with Gasteiger partial charge in [-0.2, -0.15) is 0 Å². The molecular weight excluding hydrogens is 292 g/mol. The standard InChI is InChI=1S/C13H22N4O3S/c1-13(2,17(3)4)8-16-21(19,20)11-6-5-9(12(15)18)7-10(11)14/h5-7,16H,8,14H2,1-4H3,(H2,15,18). The van der Waals surface area contributed by atoms with Crippen LogP contribution in [0.5, 0.6) is 0 Å². The van der Waals surface area contributed by atoms with Crippen LogP contribution in [-0.2, 0) is 10.0 Å². The van der Waals surface area contributed by atoms with Crippen molar-refractivity contribution in [3.05, 3.63) is 23.8 Å². The summed E-state index contributed by atoms with van der Waals surface area (Å²) < 4.78 is 27.1. The number of rotatable bonds is 6. The first kappa shape index (κ1) is 17.4. The summed E-state index contributed by atoms with van der Waals surface area (Å²) in [5.41, 5.74) is 10.6. The SMILES string of the molecule is CN(C)C(C)(C)CNS(=O)(=O)c1ccc(C(N)=O)cc1N. The molecule has 5 N–H and O–H groups in total. The van der Waals surface area contributed by atoms with Crippen LogP contribution in [0.25, 0.3) is 0 Å². The Morgan fingerprint density at radius 1 is 1.33 bits per heavy atom. The molecule has 0 saturated carbocycles. The van der Waals surface area contributed by atoms with Gasteiger partial charge in [-0.05, 0) is 46.1 Å². The molecule has 1 rings (SSSR count). The van der Waals surface area contributed by atoms with Crippen molar-refractivity contribution in [1.29, 1.82) is 0 Å². The van der Waals surface area contributed by atoms with Crippen molar-refractivity contribution in [2.75, 3.05) is 26.4 Å². The lowest BCUT2D eigenvalue weighted by Crippen LogP contribution is -2.48. The maximum atomic E-state index is 12.3. The van der Waals surface area contributed by atoms with Gasteiger partial charge in [0.15, 0.2) is 0 Å². The zero-order valence-electron chi connectivity index (χ0n) is 12.7. The summed E-state index contributed by atoms with van der Waals surface area (Å²) in [6.45, 7) is 4.05. The average molecular weight is 314 g/mol. The molecule has 0 aliphatic heterocycles. The molecule has 7 nitrogen and oxygen atoms in total. The van der Waals surface area contributed by atoms with Gasteiger partial charge in [0, 0.05) is 17.6 Å². The average Bonchev–Trinajstić information content (AvgIpc) is 2.36. The molecule has 0 heterocycles. The highest BCUT2D eigenvalue weighted by atomic mass is 32.2. The Morgan fingerprint density at radius 3 is 2.33 bits per heavy atom. The molecule has 8 heteroatoms. The summed E-state index contributed by atoms with van der Waals surface area (Å²) in [5, 5.41) is 0. The largest absolute Gasteiger partial charge is 0.398 e. The highest BCUT2D eigenvalue weighted by Crippen LogP contribution is 2.20. The van der Waals surface area contributed by atoms with Crippen molar-refractivity contribution >= 4 is 21.6 Å². The fourth-order valence-electron chi connectivity index (χ4n) is 1.45. The molecule has 21 heavy (non-hydrogen) atoms. The minimum absolute atomic E-state index is 0.0125. The first-order valence-corrected chi connectivity index (χ1v) is 7.82. The molecule has 1 aromatic rings. The maximum Gasteiger partial charge on any atom is 0.248 e. The minimum atomic E-state index is -3.75. The van der Waals surface area contributed by atoms with Crippen LogP contribution in [0.2, 0.25) is 0 Å². The van der Waals surface area contributed by atoms with Gasteiger partial charge < -0.3 is 16.4 Å². The summed E-state index contributed by atoms with van der Waals surface area (Å²) in [5.74, 6) is -0.660. The number of carbonyl (C=O) groups excluding carboxylic acids is 1. The van der Waals surface area contributed by atoms with Crippen LogP contribution in [0.15, 0.2) is 23.1 Å². The van der Waals surface area contributed by atoms with Crippen LogP contribution >= 0.6 is 0 Å². The lowest BCUT2D eigenvalue weighted by Gasteiger charge is -2.32. The van der Waals surface area contributed by atoms with Crippen LogP contribution in [0.3, 0.4) is 0 Å². The Morgan fingerprint density at radius 2 is 1.90 bits per heavy atom. The molecule has 0 saturated heterocycles. The van der Waals surface area contributed by atoms with Gasteiger partial charge in [0.1, 0.15) is 4.90 Å². The van der Waals surface area contributed by atoms with Crippen molar-refractivity contribution in [3.8, 4) is 0 Å². The molecule has 0 bridgehead atoms. The summed E-state index contributed by atoms with van der Waals surface area (Å²) in [4.78, 5) is 12.9. The maximum absolute atomic E-state index is 12.3. The Balaban J connectivity index is 3.02. The molecule has 0 atom stereocenters. The highest BCUT2D eigenvalue weighted by Gasteiger charge is 2.25. The van der Waals surface area contributed by atoms with Crippen LogP contribution in [-0.4, -0.2) is 45.4 Å². The van der Waals surface area contributed by atoms with Gasteiger partial charge in [-0.3, -0.25) is 4.79 Å². The van der Waals surface area contributed by atoms with Crippen molar-refractivity contribution in [2.24, 2.45) is 5.73 Å². The number of nitrogen functional groups attached to an aromatic ring is 1. The summed E-state index contributed by atoms with van der Waals surface area (Å²) >= 11 is 0. The van der Waals surface area contributed by atoms with Gasteiger partial charge in [-0.15, -0.1) is 0 Å². The molecule has 0 fully saturated rings. The minimum Gasteiger partial charge on any atom is -0.398 e. The van der Waals surface area contributed by atoms with Crippen LogP contribution in [0, 0.1) is 0 Å². The molecule has 0 aliphatic carbocycles. The van der Waals surface area contributed by atoms with Crippen molar-refractivity contribution in [2.45, 2.75) is 24.3 Å². The number of anilines is 1. The predicted octanol–water partition coefficient (Wildman–Crippen LogP) is -0.0138. The zero-order chi connectivity index (χ0) is 16.4. The second kappa shape index (κ2) is 6.00. The van der Waals surface area contributed by atoms with E-state index in [0.717, 1.165) is 0 Å². The van der Waals surface area contributed by atoms with Gasteiger partial charge >= 0.3 is 0 Å². The highest BCUT2D eigenvalue weighted by molar-refractivity contribution is 7.89. The lowest BCUT2D eigenvalue weighted by atomic mass is 10.1. The number of nitrogens with one attached hydrogen (secondary N) is 1. The van der Waals surface area contributed by atoms with E-state index in [1.54, 1.807) is 0 Å². The molecular formula is C13H22N4O3S. The third-order valence-electron chi connectivity index (χ3n) is 3.49. The summed E-state index contributed by atoms with van der Waals surface area (Å²) in [7, 11) is -0.0231. The van der Waals surface area contributed by atoms with E-state index in [4.69, 9.17) is 11.5 Å². The van der Waals surface area contributed by atoms with E-state index in [1.165, 1.54) is 18.2 Å². The summed E-state index contributed by atoms with van der Waals surface area (Å²) in [6, 6.07) is 3.87. The Hall–Kier alpha value is -1.64. The van der Waals surface area contributed by atoms with E-state index in [-0.39, 0.29) is 28.2 Å². The molecule has 0 radical (unpaired) electrons. The van der Waals surface area contributed by atoms with Crippen LogP contribution < -0.4 is 16.2 Å². The van der Waals surface area contributed by atoms with Gasteiger partial charge in [0.25, 0.3) is 0 Å². The number of hydrogen-bond donors (Lipinski definition) is 3. The normalized spacial score (nSPS) is 12.6. The zero-order valence-corrected chi connectivity index (χ0v) is 13.5. The van der Waals surface area contributed by atoms with Crippen LogP contribution in [0.1, 0.15) is 24.2 Å². The Labute approximate surface area is 125 Å². The monoisotopic (exact) mass is 314 g/mol. The van der Waals surface area contributed by atoms with Crippen molar-refractivity contribution < 1.29 is 13.2 Å². The van der Waals surface area contributed by atoms with E-state index in [9.17, 15) is 13.2 Å². The first-order valence-electron chi connectivity index (χ1n) is 6.34. The smallest absolute Gasteiger partial charge is 0.248 e. The molecule has 0 spiro atoms. The van der Waals surface area contributed by atoms with Gasteiger partial charge in [0.2, 0.25) is 15.9 Å². The molecule has 1 amide bonds. The lowest BCUT2D eigenvalue weighted by molar-refractivity contribution is 0.1000. The fraction of sp³-hybridized carbons (Fsp3) is 0.462. The molecule has 118 valence electrons. The Kier molecular flexibility index (Phi) is 4.98. The number of primary amides is 1. The molecule has 1 aromatic carbocycles. The van der Waals surface area contributed by atoms with Gasteiger partial charge in [0.05, 0.1) is 5.69 Å². The third-order valence-corrected chi connectivity index (χ3v) is 4.96. The molecule has 0 unspecified atom stereocenters. The number of hydrogen-bond acceptors (Lipinski definition) is 5. The number of nitrogens with two attached hydrogens (primary N) is 2. The second-order valence-electron chi connectivity index (χ2n) is 5.65. The number of benzene rings is 1. The molecule has 0 aromatic heterocycles. The van der Waals surface area contributed by atoms with Gasteiger partial charge in [-0.1, -0.05) is 0 Å². The van der Waals surface area contributed by atoms with Crippen molar-refractivity contribution in [1.82, 2.24) is 9.62 Å². The first-order chi connectivity index (χ1) is 9.47. The summed E-state index contributed by atoms with van der Waals surface area (Å²) in [6.07, 6.45) is 0. The van der Waals surface area contributed by atoms with E-state index < -0.39 is 15.9 Å².